The Hall–Kier alpha value is -0.620. The first-order chi connectivity index (χ1) is 9.15. The van der Waals surface area contributed by atoms with E-state index < -0.39 is 0 Å². The molecule has 0 spiro atoms. The molecule has 0 saturated carbocycles. The van der Waals surface area contributed by atoms with Gasteiger partial charge in [-0.25, -0.2) is 4.39 Å². The van der Waals surface area contributed by atoms with Gasteiger partial charge in [-0.3, -0.25) is 0 Å². The standard InChI is InChI=1S/C13H12BrClFNOS/c14-9-1-3-12(11(16)7-9)18-6-5-17-8-10-2-4-13(15)19-10/h1-4,7,17H,5-6,8H2. The monoisotopic (exact) mass is 363 g/mol. The van der Waals surface area contributed by atoms with Crippen LogP contribution in [0.5, 0.6) is 5.75 Å². The van der Waals surface area contributed by atoms with E-state index in [0.717, 1.165) is 10.9 Å². The molecule has 0 radical (unpaired) electrons. The smallest absolute Gasteiger partial charge is 0.166 e. The van der Waals surface area contributed by atoms with E-state index in [1.54, 1.807) is 23.5 Å². The maximum absolute atomic E-state index is 13.4. The van der Waals surface area contributed by atoms with Crippen molar-refractivity contribution < 1.29 is 9.13 Å². The van der Waals surface area contributed by atoms with E-state index in [1.165, 1.54) is 10.9 Å². The number of benzene rings is 1. The Bertz CT molecular complexity index is 549. The minimum absolute atomic E-state index is 0.268. The van der Waals surface area contributed by atoms with Gasteiger partial charge in [0.05, 0.1) is 4.34 Å². The minimum Gasteiger partial charge on any atom is -0.489 e. The fraction of sp³-hybridized carbons (Fsp3) is 0.231. The molecule has 1 heterocycles. The zero-order valence-electron chi connectivity index (χ0n) is 9.96. The molecule has 0 amide bonds. The highest BCUT2D eigenvalue weighted by Gasteiger charge is 2.03. The van der Waals surface area contributed by atoms with E-state index in [1.807, 2.05) is 12.1 Å². The molecule has 1 aromatic heterocycles. The van der Waals surface area contributed by atoms with Crippen LogP contribution < -0.4 is 10.1 Å². The van der Waals surface area contributed by atoms with Gasteiger partial charge in [0.1, 0.15) is 6.61 Å². The van der Waals surface area contributed by atoms with Crippen molar-refractivity contribution in [1.82, 2.24) is 5.32 Å². The van der Waals surface area contributed by atoms with Gasteiger partial charge in [0.2, 0.25) is 0 Å². The predicted molar refractivity (Wildman–Crippen MR) is 80.6 cm³/mol. The van der Waals surface area contributed by atoms with Crippen molar-refractivity contribution in [2.45, 2.75) is 6.54 Å². The van der Waals surface area contributed by atoms with Crippen LogP contribution in [0.3, 0.4) is 0 Å². The summed E-state index contributed by atoms with van der Waals surface area (Å²) in [6.45, 7) is 1.80. The van der Waals surface area contributed by atoms with E-state index >= 15 is 0 Å². The summed E-state index contributed by atoms with van der Waals surface area (Å²) in [5, 5.41) is 3.21. The lowest BCUT2D eigenvalue weighted by Crippen LogP contribution is -2.20. The maximum atomic E-state index is 13.4. The van der Waals surface area contributed by atoms with E-state index in [9.17, 15) is 4.39 Å². The molecule has 0 aliphatic carbocycles. The Morgan fingerprint density at radius 2 is 2.16 bits per heavy atom. The molecule has 0 aliphatic heterocycles. The second kappa shape index (κ2) is 7.24. The van der Waals surface area contributed by atoms with E-state index in [0.29, 0.717) is 17.6 Å². The molecule has 2 nitrogen and oxygen atoms in total. The normalized spacial score (nSPS) is 10.7. The zero-order valence-corrected chi connectivity index (χ0v) is 13.1. The summed E-state index contributed by atoms with van der Waals surface area (Å²) >= 11 is 10.6. The van der Waals surface area contributed by atoms with Crippen molar-refractivity contribution >= 4 is 38.9 Å². The first kappa shape index (κ1) is 14.8. The molecule has 1 N–H and O–H groups in total. The number of nitrogens with one attached hydrogen (secondary N) is 1. The van der Waals surface area contributed by atoms with Crippen LogP contribution in [-0.2, 0) is 6.54 Å². The van der Waals surface area contributed by atoms with Crippen molar-refractivity contribution in [2.75, 3.05) is 13.2 Å². The van der Waals surface area contributed by atoms with Crippen LogP contribution in [0.2, 0.25) is 4.34 Å². The largest absolute Gasteiger partial charge is 0.489 e. The summed E-state index contributed by atoms with van der Waals surface area (Å²) in [5.41, 5.74) is 0. The van der Waals surface area contributed by atoms with Gasteiger partial charge in [0, 0.05) is 22.4 Å². The van der Waals surface area contributed by atoms with Crippen LogP contribution in [-0.4, -0.2) is 13.2 Å². The van der Waals surface area contributed by atoms with Gasteiger partial charge in [-0.15, -0.1) is 11.3 Å². The lowest BCUT2D eigenvalue weighted by Gasteiger charge is -2.08. The van der Waals surface area contributed by atoms with Crippen LogP contribution in [0.1, 0.15) is 4.88 Å². The highest BCUT2D eigenvalue weighted by molar-refractivity contribution is 9.10. The van der Waals surface area contributed by atoms with Crippen LogP contribution in [0.25, 0.3) is 0 Å². The van der Waals surface area contributed by atoms with Crippen molar-refractivity contribution in [3.05, 3.63) is 49.8 Å². The van der Waals surface area contributed by atoms with Gasteiger partial charge in [-0.05, 0) is 30.3 Å². The number of hydrogen-bond donors (Lipinski definition) is 1. The minimum atomic E-state index is -0.362. The predicted octanol–water partition coefficient (Wildman–Crippen LogP) is 4.47. The topological polar surface area (TPSA) is 21.3 Å². The molecule has 0 atom stereocenters. The molecule has 2 aromatic rings. The molecule has 19 heavy (non-hydrogen) atoms. The lowest BCUT2D eigenvalue weighted by atomic mass is 10.3. The highest BCUT2D eigenvalue weighted by atomic mass is 79.9. The number of thiophene rings is 1. The van der Waals surface area contributed by atoms with Crippen molar-refractivity contribution in [2.24, 2.45) is 0 Å². The summed E-state index contributed by atoms with van der Waals surface area (Å²) in [6.07, 6.45) is 0. The zero-order chi connectivity index (χ0) is 13.7. The van der Waals surface area contributed by atoms with E-state index in [-0.39, 0.29) is 11.6 Å². The number of hydrogen-bond acceptors (Lipinski definition) is 3. The summed E-state index contributed by atoms with van der Waals surface area (Å²) in [4.78, 5) is 1.17. The Morgan fingerprint density at radius 1 is 1.32 bits per heavy atom. The van der Waals surface area contributed by atoms with Crippen LogP contribution in [0.15, 0.2) is 34.8 Å². The summed E-state index contributed by atoms with van der Waals surface area (Å²) in [6, 6.07) is 8.60. The molecule has 0 bridgehead atoms. The lowest BCUT2D eigenvalue weighted by molar-refractivity contribution is 0.298. The first-order valence-corrected chi connectivity index (χ1v) is 7.66. The Kier molecular flexibility index (Phi) is 5.63. The Morgan fingerprint density at radius 3 is 2.84 bits per heavy atom. The summed E-state index contributed by atoms with van der Waals surface area (Å²) in [5.74, 6) is -0.0939. The van der Waals surface area contributed by atoms with Crippen LogP contribution >= 0.6 is 38.9 Å². The third-order valence-electron chi connectivity index (χ3n) is 2.36. The van der Waals surface area contributed by atoms with Gasteiger partial charge >= 0.3 is 0 Å². The summed E-state index contributed by atoms with van der Waals surface area (Å²) < 4.78 is 20.3. The number of rotatable bonds is 6. The SMILES string of the molecule is Fc1cc(Br)ccc1OCCNCc1ccc(Cl)s1. The average molecular weight is 365 g/mol. The molecule has 6 heteroatoms. The molecule has 0 fully saturated rings. The van der Waals surface area contributed by atoms with Crippen LogP contribution in [0, 0.1) is 5.82 Å². The molecular weight excluding hydrogens is 353 g/mol. The van der Waals surface area contributed by atoms with Gasteiger partial charge in [0.25, 0.3) is 0 Å². The van der Waals surface area contributed by atoms with Gasteiger partial charge in [0.15, 0.2) is 11.6 Å². The average Bonchev–Trinajstić information content (AvgIpc) is 2.77. The fourth-order valence-corrected chi connectivity index (χ4v) is 2.87. The van der Waals surface area contributed by atoms with Crippen molar-refractivity contribution in [3.8, 4) is 5.75 Å². The Balaban J connectivity index is 1.69. The second-order valence-electron chi connectivity index (χ2n) is 3.81. The van der Waals surface area contributed by atoms with Gasteiger partial charge in [-0.2, -0.15) is 0 Å². The van der Waals surface area contributed by atoms with Gasteiger partial charge < -0.3 is 10.1 Å². The van der Waals surface area contributed by atoms with E-state index in [4.69, 9.17) is 16.3 Å². The first-order valence-electron chi connectivity index (χ1n) is 5.68. The molecular formula is C13H12BrClFNOS. The fourth-order valence-electron chi connectivity index (χ4n) is 1.48. The molecule has 102 valence electrons. The maximum Gasteiger partial charge on any atom is 0.166 e. The van der Waals surface area contributed by atoms with Crippen LogP contribution in [0.4, 0.5) is 4.39 Å². The second-order valence-corrected chi connectivity index (χ2v) is 6.52. The number of ether oxygens (including phenoxy) is 1. The highest BCUT2D eigenvalue weighted by Crippen LogP contribution is 2.22. The molecule has 1 aromatic carbocycles. The van der Waals surface area contributed by atoms with Gasteiger partial charge in [-0.1, -0.05) is 27.5 Å². The van der Waals surface area contributed by atoms with E-state index in [2.05, 4.69) is 21.2 Å². The third kappa shape index (κ3) is 4.76. The number of halogens is 3. The van der Waals surface area contributed by atoms with Crippen molar-refractivity contribution in [3.63, 3.8) is 0 Å². The third-order valence-corrected chi connectivity index (χ3v) is 4.08. The van der Waals surface area contributed by atoms with Crippen molar-refractivity contribution in [1.29, 1.82) is 0 Å². The molecule has 0 aliphatic rings. The quantitative estimate of drug-likeness (QED) is 0.764. The molecule has 0 saturated heterocycles. The molecule has 0 unspecified atom stereocenters. The molecule has 2 rings (SSSR count). The Labute approximate surface area is 128 Å². The summed E-state index contributed by atoms with van der Waals surface area (Å²) in [7, 11) is 0.